The average Bonchev–Trinajstić information content (AvgIpc) is 2.57. The third-order valence-corrected chi connectivity index (χ3v) is 4.04. The van der Waals surface area contributed by atoms with Crippen LogP contribution in [0.15, 0.2) is 42.5 Å². The molecule has 0 bridgehead atoms. The average molecular weight is 366 g/mol. The molecule has 2 rings (SSSR count). The third kappa shape index (κ3) is 5.79. The molecule has 0 radical (unpaired) electrons. The van der Waals surface area contributed by atoms with Gasteiger partial charge in [-0.05, 0) is 47.7 Å². The standard InChI is InChI=1S/C20H21F3O3/c1-2-3-4-5-6-14-7-9-15(10-8-14)18-13-16(26-20(21,22)23)11-12-17(18)19(24)25/h7-13H,2-6H2,1H3,(H,24,25). The van der Waals surface area contributed by atoms with E-state index in [0.717, 1.165) is 49.4 Å². The minimum atomic E-state index is -4.83. The van der Waals surface area contributed by atoms with Gasteiger partial charge in [0, 0.05) is 0 Å². The SMILES string of the molecule is CCCCCCc1ccc(-c2cc(OC(F)(F)F)ccc2C(=O)O)cc1. The fraction of sp³-hybridized carbons (Fsp3) is 0.350. The van der Waals surface area contributed by atoms with Gasteiger partial charge in [-0.3, -0.25) is 0 Å². The molecule has 0 fully saturated rings. The van der Waals surface area contributed by atoms with Crippen LogP contribution in [0.5, 0.6) is 5.75 Å². The molecular formula is C20H21F3O3. The number of aryl methyl sites for hydroxylation is 1. The normalized spacial score (nSPS) is 11.4. The molecule has 0 heterocycles. The molecule has 0 aliphatic rings. The zero-order valence-electron chi connectivity index (χ0n) is 14.5. The monoisotopic (exact) mass is 366 g/mol. The van der Waals surface area contributed by atoms with Gasteiger partial charge in [-0.1, -0.05) is 50.5 Å². The number of hydrogen-bond donors (Lipinski definition) is 1. The summed E-state index contributed by atoms with van der Waals surface area (Å²) in [6, 6.07) is 10.4. The van der Waals surface area contributed by atoms with E-state index in [1.54, 1.807) is 12.1 Å². The van der Waals surface area contributed by atoms with E-state index in [0.29, 0.717) is 5.56 Å². The van der Waals surface area contributed by atoms with Gasteiger partial charge in [-0.25, -0.2) is 4.79 Å². The summed E-state index contributed by atoms with van der Waals surface area (Å²) < 4.78 is 41.2. The van der Waals surface area contributed by atoms with Crippen LogP contribution >= 0.6 is 0 Å². The Labute approximate surface area is 150 Å². The summed E-state index contributed by atoms with van der Waals surface area (Å²) in [5, 5.41) is 9.31. The first kappa shape index (κ1) is 19.8. The quantitative estimate of drug-likeness (QED) is 0.577. The highest BCUT2D eigenvalue weighted by Crippen LogP contribution is 2.31. The van der Waals surface area contributed by atoms with Gasteiger partial charge in [0.15, 0.2) is 0 Å². The second kappa shape index (κ2) is 8.74. The van der Waals surface area contributed by atoms with Crippen molar-refractivity contribution in [2.24, 2.45) is 0 Å². The minimum Gasteiger partial charge on any atom is -0.478 e. The first-order valence-corrected chi connectivity index (χ1v) is 8.52. The summed E-state index contributed by atoms with van der Waals surface area (Å²) in [6.07, 6.45) is 0.660. The summed E-state index contributed by atoms with van der Waals surface area (Å²) >= 11 is 0. The molecule has 0 saturated carbocycles. The number of carbonyl (C=O) groups is 1. The largest absolute Gasteiger partial charge is 0.573 e. The molecule has 0 spiro atoms. The fourth-order valence-electron chi connectivity index (χ4n) is 2.75. The summed E-state index contributed by atoms with van der Waals surface area (Å²) in [5.41, 5.74) is 1.77. The van der Waals surface area contributed by atoms with Gasteiger partial charge in [0.25, 0.3) is 0 Å². The maximum absolute atomic E-state index is 12.4. The van der Waals surface area contributed by atoms with Crippen LogP contribution in [0.2, 0.25) is 0 Å². The van der Waals surface area contributed by atoms with Crippen molar-refractivity contribution < 1.29 is 27.8 Å². The van der Waals surface area contributed by atoms with Crippen molar-refractivity contribution in [2.45, 2.75) is 45.4 Å². The minimum absolute atomic E-state index is 0.0739. The molecule has 0 aromatic heterocycles. The molecular weight excluding hydrogens is 345 g/mol. The van der Waals surface area contributed by atoms with Crippen molar-refractivity contribution in [1.82, 2.24) is 0 Å². The van der Waals surface area contributed by atoms with Crippen molar-refractivity contribution in [3.63, 3.8) is 0 Å². The molecule has 26 heavy (non-hydrogen) atoms. The van der Waals surface area contributed by atoms with Crippen molar-refractivity contribution >= 4 is 5.97 Å². The Bertz CT molecular complexity index is 737. The number of rotatable bonds is 8. The number of aromatic carboxylic acids is 1. The van der Waals surface area contributed by atoms with Gasteiger partial charge in [-0.2, -0.15) is 0 Å². The number of benzene rings is 2. The Morgan fingerprint density at radius 2 is 1.73 bits per heavy atom. The van der Waals surface area contributed by atoms with Gasteiger partial charge in [0.2, 0.25) is 0 Å². The van der Waals surface area contributed by atoms with Gasteiger partial charge < -0.3 is 9.84 Å². The summed E-state index contributed by atoms with van der Waals surface area (Å²) in [7, 11) is 0. The Balaban J connectivity index is 2.24. The summed E-state index contributed by atoms with van der Waals surface area (Å²) in [6.45, 7) is 2.14. The smallest absolute Gasteiger partial charge is 0.478 e. The fourth-order valence-corrected chi connectivity index (χ4v) is 2.75. The van der Waals surface area contributed by atoms with Gasteiger partial charge in [0.05, 0.1) is 5.56 Å². The van der Waals surface area contributed by atoms with Crippen LogP contribution in [0.25, 0.3) is 11.1 Å². The molecule has 0 aliphatic carbocycles. The van der Waals surface area contributed by atoms with Crippen LogP contribution < -0.4 is 4.74 Å². The molecule has 140 valence electrons. The van der Waals surface area contributed by atoms with E-state index < -0.39 is 18.1 Å². The number of hydrogen-bond acceptors (Lipinski definition) is 2. The topological polar surface area (TPSA) is 46.5 Å². The van der Waals surface area contributed by atoms with E-state index in [2.05, 4.69) is 11.7 Å². The first-order chi connectivity index (χ1) is 12.3. The highest BCUT2D eigenvalue weighted by atomic mass is 19.4. The van der Waals surface area contributed by atoms with E-state index in [-0.39, 0.29) is 11.1 Å². The molecule has 6 heteroatoms. The lowest BCUT2D eigenvalue weighted by molar-refractivity contribution is -0.274. The van der Waals surface area contributed by atoms with E-state index in [1.807, 2.05) is 12.1 Å². The number of alkyl halides is 3. The van der Waals surface area contributed by atoms with E-state index in [9.17, 15) is 23.1 Å². The van der Waals surface area contributed by atoms with Crippen molar-refractivity contribution in [3.8, 4) is 16.9 Å². The lowest BCUT2D eigenvalue weighted by Gasteiger charge is -2.13. The van der Waals surface area contributed by atoms with Gasteiger partial charge in [-0.15, -0.1) is 13.2 Å². The predicted octanol–water partition coefficient (Wildman–Crippen LogP) is 6.07. The van der Waals surface area contributed by atoms with Crippen LogP contribution in [0.4, 0.5) is 13.2 Å². The number of halogens is 3. The lowest BCUT2D eigenvalue weighted by Crippen LogP contribution is -2.17. The van der Waals surface area contributed by atoms with E-state index in [1.165, 1.54) is 6.42 Å². The highest BCUT2D eigenvalue weighted by Gasteiger charge is 2.31. The van der Waals surface area contributed by atoms with Crippen LogP contribution in [0.1, 0.15) is 48.5 Å². The molecule has 2 aromatic rings. The van der Waals surface area contributed by atoms with E-state index >= 15 is 0 Å². The van der Waals surface area contributed by atoms with Crippen LogP contribution in [-0.4, -0.2) is 17.4 Å². The van der Waals surface area contributed by atoms with Crippen molar-refractivity contribution in [3.05, 3.63) is 53.6 Å². The lowest BCUT2D eigenvalue weighted by atomic mass is 9.97. The van der Waals surface area contributed by atoms with Crippen molar-refractivity contribution in [1.29, 1.82) is 0 Å². The second-order valence-electron chi connectivity index (χ2n) is 6.07. The van der Waals surface area contributed by atoms with Gasteiger partial charge >= 0.3 is 12.3 Å². The zero-order valence-corrected chi connectivity index (χ0v) is 14.5. The van der Waals surface area contributed by atoms with Gasteiger partial charge in [0.1, 0.15) is 5.75 Å². The number of carboxylic acid groups (broad SMARTS) is 1. The first-order valence-electron chi connectivity index (χ1n) is 8.52. The Morgan fingerprint density at radius 3 is 2.31 bits per heavy atom. The molecule has 1 N–H and O–H groups in total. The Hall–Kier alpha value is -2.50. The Morgan fingerprint density at radius 1 is 1.04 bits per heavy atom. The number of unbranched alkanes of at least 4 members (excludes halogenated alkanes) is 3. The summed E-state index contributed by atoms with van der Waals surface area (Å²) in [4.78, 5) is 11.4. The van der Waals surface area contributed by atoms with Crippen LogP contribution in [-0.2, 0) is 6.42 Å². The molecule has 3 nitrogen and oxygen atoms in total. The van der Waals surface area contributed by atoms with Crippen LogP contribution in [0.3, 0.4) is 0 Å². The molecule has 0 aliphatic heterocycles. The molecule has 0 unspecified atom stereocenters. The maximum Gasteiger partial charge on any atom is 0.573 e. The number of ether oxygens (including phenoxy) is 1. The molecule has 0 atom stereocenters. The van der Waals surface area contributed by atoms with E-state index in [4.69, 9.17) is 0 Å². The van der Waals surface area contributed by atoms with Crippen LogP contribution in [0, 0.1) is 0 Å². The molecule has 2 aromatic carbocycles. The highest BCUT2D eigenvalue weighted by molar-refractivity contribution is 5.96. The number of carboxylic acids is 1. The molecule has 0 saturated heterocycles. The maximum atomic E-state index is 12.4. The molecule has 0 amide bonds. The Kier molecular flexibility index (Phi) is 6.66. The zero-order chi connectivity index (χ0) is 19.2. The summed E-state index contributed by atoms with van der Waals surface area (Å²) in [5.74, 6) is -1.65. The predicted molar refractivity (Wildman–Crippen MR) is 93.4 cm³/mol. The third-order valence-electron chi connectivity index (χ3n) is 4.04. The second-order valence-corrected chi connectivity index (χ2v) is 6.07. The van der Waals surface area contributed by atoms with Crippen molar-refractivity contribution in [2.75, 3.05) is 0 Å².